The van der Waals surface area contributed by atoms with Gasteiger partial charge < -0.3 is 15.6 Å². The van der Waals surface area contributed by atoms with Crippen LogP contribution in [0.3, 0.4) is 0 Å². The number of rotatable bonds is 4. The van der Waals surface area contributed by atoms with Gasteiger partial charge in [0.05, 0.1) is 13.0 Å². The Morgan fingerprint density at radius 2 is 2.13 bits per heavy atom. The van der Waals surface area contributed by atoms with Gasteiger partial charge in [0.2, 0.25) is 0 Å². The molecule has 0 aromatic rings. The maximum atomic E-state index is 10.1. The minimum atomic E-state index is -0.783. The Morgan fingerprint density at radius 1 is 1.60 bits per heavy atom. The molecule has 1 aliphatic carbocycles. The molecule has 1 fully saturated rings. The second kappa shape index (κ2) is 7.48. The van der Waals surface area contributed by atoms with Crippen molar-refractivity contribution < 1.29 is 19.4 Å². The molecule has 6 heteroatoms. The third kappa shape index (κ3) is 9.49. The molecule has 15 heavy (non-hydrogen) atoms. The molecule has 5 nitrogen and oxygen atoms in total. The third-order valence-corrected chi connectivity index (χ3v) is 2.00. The molecule has 1 unspecified atom stereocenters. The molecule has 0 radical (unpaired) electrons. The van der Waals surface area contributed by atoms with Crippen molar-refractivity contribution >= 4 is 23.0 Å². The number of ether oxygens (including phenoxy) is 1. The summed E-state index contributed by atoms with van der Waals surface area (Å²) < 4.78 is 4.17. The summed E-state index contributed by atoms with van der Waals surface area (Å²) in [6.45, 7) is 2.04. The fraction of sp³-hybridized carbons (Fsp3) is 0.778. The summed E-state index contributed by atoms with van der Waals surface area (Å²) in [7, 11) is 0. The van der Waals surface area contributed by atoms with E-state index in [0.717, 1.165) is 12.8 Å². The Balaban J connectivity index is 0.000000288. The van der Waals surface area contributed by atoms with Crippen molar-refractivity contribution in [2.75, 3.05) is 6.61 Å². The standard InChI is InChI=1S/C6H11NO2.C3H5ClO2/c7-5(3-6(8)9)4-1-2-4;1-2-6-3(4)5/h4-5H,1-3,7H2,(H,8,9);2H2,1H3. The van der Waals surface area contributed by atoms with Gasteiger partial charge in [0.25, 0.3) is 0 Å². The minimum absolute atomic E-state index is 0.0949. The van der Waals surface area contributed by atoms with Crippen LogP contribution in [-0.4, -0.2) is 29.2 Å². The molecule has 1 rings (SSSR count). The van der Waals surface area contributed by atoms with Gasteiger partial charge in [0.15, 0.2) is 0 Å². The van der Waals surface area contributed by atoms with Crippen molar-refractivity contribution in [3.63, 3.8) is 0 Å². The van der Waals surface area contributed by atoms with Gasteiger partial charge in [-0.2, -0.15) is 0 Å². The fourth-order valence-corrected chi connectivity index (χ4v) is 1.12. The van der Waals surface area contributed by atoms with Crippen LogP contribution < -0.4 is 5.73 Å². The van der Waals surface area contributed by atoms with Crippen LogP contribution in [0.4, 0.5) is 4.79 Å². The first-order valence-electron chi connectivity index (χ1n) is 4.77. The highest BCUT2D eigenvalue weighted by molar-refractivity contribution is 6.61. The van der Waals surface area contributed by atoms with E-state index in [-0.39, 0.29) is 12.5 Å². The van der Waals surface area contributed by atoms with Gasteiger partial charge in [-0.05, 0) is 25.7 Å². The molecular formula is C9H16ClNO4. The minimum Gasteiger partial charge on any atom is -0.481 e. The van der Waals surface area contributed by atoms with Crippen molar-refractivity contribution in [1.29, 1.82) is 0 Å². The maximum Gasteiger partial charge on any atom is 0.403 e. The molecular weight excluding hydrogens is 222 g/mol. The van der Waals surface area contributed by atoms with E-state index < -0.39 is 11.4 Å². The van der Waals surface area contributed by atoms with Gasteiger partial charge in [-0.3, -0.25) is 4.79 Å². The topological polar surface area (TPSA) is 89.6 Å². The number of halogens is 1. The van der Waals surface area contributed by atoms with Crippen LogP contribution in [0.15, 0.2) is 0 Å². The van der Waals surface area contributed by atoms with Crippen molar-refractivity contribution in [2.24, 2.45) is 11.7 Å². The predicted octanol–water partition coefficient (Wildman–Crippen LogP) is 1.58. The average molecular weight is 238 g/mol. The number of carboxylic acid groups (broad SMARTS) is 1. The Morgan fingerprint density at radius 3 is 2.33 bits per heavy atom. The molecule has 3 N–H and O–H groups in total. The lowest BCUT2D eigenvalue weighted by Crippen LogP contribution is -2.25. The van der Waals surface area contributed by atoms with Crippen LogP contribution in [0.2, 0.25) is 0 Å². The second-order valence-corrected chi connectivity index (χ2v) is 3.58. The summed E-state index contributed by atoms with van der Waals surface area (Å²) >= 11 is 4.72. The zero-order chi connectivity index (χ0) is 11.8. The van der Waals surface area contributed by atoms with E-state index >= 15 is 0 Å². The fourth-order valence-electron chi connectivity index (χ4n) is 1.01. The molecule has 0 bridgehead atoms. The lowest BCUT2D eigenvalue weighted by Gasteiger charge is -2.03. The normalized spacial score (nSPS) is 15.9. The zero-order valence-corrected chi connectivity index (χ0v) is 9.37. The van der Waals surface area contributed by atoms with E-state index in [1.165, 1.54) is 0 Å². The number of aliphatic carboxylic acids is 1. The molecule has 1 atom stereocenters. The van der Waals surface area contributed by atoms with Gasteiger partial charge in [0.1, 0.15) is 0 Å². The van der Waals surface area contributed by atoms with Crippen LogP contribution in [0.25, 0.3) is 0 Å². The number of hydrogen-bond acceptors (Lipinski definition) is 4. The van der Waals surface area contributed by atoms with E-state index in [0.29, 0.717) is 12.5 Å². The van der Waals surface area contributed by atoms with E-state index in [4.69, 9.17) is 22.4 Å². The van der Waals surface area contributed by atoms with Gasteiger partial charge in [-0.25, -0.2) is 4.79 Å². The first-order chi connectivity index (χ1) is 6.97. The van der Waals surface area contributed by atoms with Gasteiger partial charge in [0, 0.05) is 17.6 Å². The van der Waals surface area contributed by atoms with Gasteiger partial charge in [-0.1, -0.05) is 0 Å². The molecule has 0 saturated heterocycles. The maximum absolute atomic E-state index is 10.1. The van der Waals surface area contributed by atoms with Crippen LogP contribution in [0.1, 0.15) is 26.2 Å². The predicted molar refractivity (Wildman–Crippen MR) is 55.8 cm³/mol. The Bertz CT molecular complexity index is 218. The molecule has 0 aromatic heterocycles. The van der Waals surface area contributed by atoms with Crippen LogP contribution >= 0.6 is 11.6 Å². The molecule has 0 amide bonds. The molecule has 0 aromatic carbocycles. The van der Waals surface area contributed by atoms with Crippen molar-refractivity contribution in [3.8, 4) is 0 Å². The Labute approximate surface area is 93.5 Å². The largest absolute Gasteiger partial charge is 0.481 e. The van der Waals surface area contributed by atoms with Crippen molar-refractivity contribution in [3.05, 3.63) is 0 Å². The van der Waals surface area contributed by atoms with E-state index in [1.54, 1.807) is 6.92 Å². The lowest BCUT2D eigenvalue weighted by molar-refractivity contribution is -0.137. The summed E-state index contributed by atoms with van der Waals surface area (Å²) in [5.74, 6) is -0.282. The Hall–Kier alpha value is -0.810. The number of carbonyl (C=O) groups excluding carboxylic acids is 1. The average Bonchev–Trinajstić information content (AvgIpc) is 2.84. The quantitative estimate of drug-likeness (QED) is 0.725. The summed E-state index contributed by atoms with van der Waals surface area (Å²) in [4.78, 5) is 19.6. The first kappa shape index (κ1) is 14.2. The number of hydrogen-bond donors (Lipinski definition) is 2. The van der Waals surface area contributed by atoms with Crippen LogP contribution in [0.5, 0.6) is 0 Å². The van der Waals surface area contributed by atoms with E-state index in [2.05, 4.69) is 4.74 Å². The van der Waals surface area contributed by atoms with Crippen LogP contribution in [-0.2, 0) is 9.53 Å². The molecule has 1 aliphatic rings. The van der Waals surface area contributed by atoms with Crippen LogP contribution in [0, 0.1) is 5.92 Å². The summed E-state index contributed by atoms with van der Waals surface area (Å²) in [6.07, 6.45) is 2.37. The highest BCUT2D eigenvalue weighted by atomic mass is 35.5. The highest BCUT2D eigenvalue weighted by Crippen LogP contribution is 2.32. The summed E-state index contributed by atoms with van der Waals surface area (Å²) in [5.41, 5.74) is 4.76. The molecule has 88 valence electrons. The third-order valence-electron chi connectivity index (χ3n) is 1.90. The van der Waals surface area contributed by atoms with Crippen molar-refractivity contribution in [1.82, 2.24) is 0 Å². The number of carbonyl (C=O) groups is 2. The lowest BCUT2D eigenvalue weighted by atomic mass is 10.1. The second-order valence-electron chi connectivity index (χ2n) is 3.27. The van der Waals surface area contributed by atoms with E-state index in [9.17, 15) is 9.59 Å². The van der Waals surface area contributed by atoms with Gasteiger partial charge >= 0.3 is 11.4 Å². The van der Waals surface area contributed by atoms with Gasteiger partial charge in [-0.15, -0.1) is 0 Å². The molecule has 0 aliphatic heterocycles. The Kier molecular flexibility index (Phi) is 7.07. The molecule has 0 spiro atoms. The SMILES string of the molecule is CCOC(=O)Cl.NC(CC(=O)O)C1CC1. The smallest absolute Gasteiger partial charge is 0.403 e. The monoisotopic (exact) mass is 237 g/mol. The zero-order valence-electron chi connectivity index (χ0n) is 8.61. The van der Waals surface area contributed by atoms with E-state index in [1.807, 2.05) is 0 Å². The molecule has 0 heterocycles. The number of nitrogens with two attached hydrogens (primary N) is 1. The first-order valence-corrected chi connectivity index (χ1v) is 5.14. The highest BCUT2D eigenvalue weighted by Gasteiger charge is 2.29. The molecule has 1 saturated carbocycles. The summed E-state index contributed by atoms with van der Waals surface area (Å²) in [5, 5.41) is 8.28. The summed E-state index contributed by atoms with van der Waals surface area (Å²) in [6, 6.07) is -0.0949. The van der Waals surface area contributed by atoms with Crippen molar-refractivity contribution in [2.45, 2.75) is 32.2 Å². The number of carboxylic acids is 1.